The molecule has 214 valence electrons. The van der Waals surface area contributed by atoms with E-state index in [0.29, 0.717) is 29.5 Å². The Morgan fingerprint density at radius 1 is 0.925 bits per heavy atom. The minimum absolute atomic E-state index is 0.0152. The van der Waals surface area contributed by atoms with Crippen LogP contribution in [0.1, 0.15) is 39.7 Å². The van der Waals surface area contributed by atoms with Crippen LogP contribution in [0, 0.1) is 0 Å². The van der Waals surface area contributed by atoms with Gasteiger partial charge >= 0.3 is 0 Å². The molecule has 0 aromatic heterocycles. The molecule has 0 aliphatic heterocycles. The average molecular weight is 586 g/mol. The summed E-state index contributed by atoms with van der Waals surface area (Å²) in [4.78, 5) is 28.6. The summed E-state index contributed by atoms with van der Waals surface area (Å²) in [6.07, 6.45) is 0.342. The van der Waals surface area contributed by atoms with E-state index >= 15 is 0 Å². The molecule has 1 N–H and O–H groups in total. The van der Waals surface area contributed by atoms with Crippen LogP contribution in [0.15, 0.2) is 83.8 Å². The second-order valence-electron chi connectivity index (χ2n) is 9.49. The molecule has 1 atom stereocenters. The highest BCUT2D eigenvalue weighted by Gasteiger charge is 2.33. The van der Waals surface area contributed by atoms with Gasteiger partial charge in [-0.3, -0.25) is 13.9 Å². The number of benzene rings is 3. The highest BCUT2D eigenvalue weighted by Crippen LogP contribution is 2.26. The van der Waals surface area contributed by atoms with E-state index in [4.69, 9.17) is 16.3 Å². The zero-order chi connectivity index (χ0) is 29.3. The van der Waals surface area contributed by atoms with Crippen LogP contribution in [0.25, 0.3) is 0 Å². The highest BCUT2D eigenvalue weighted by atomic mass is 35.5. The SMILES string of the molecule is CCOc1ccc(S(=O)(=O)N(CC(=O)N(Cc2ccc(Cl)cc2)[C@H](CC)C(=O)NC(C)C)c2ccccc2)cc1. The third-order valence-corrected chi connectivity index (χ3v) is 8.17. The number of hydrogen-bond acceptors (Lipinski definition) is 5. The molecule has 0 aliphatic carbocycles. The third kappa shape index (κ3) is 7.99. The Bertz CT molecular complexity index is 1360. The predicted molar refractivity (Wildman–Crippen MR) is 158 cm³/mol. The van der Waals surface area contributed by atoms with Crippen LogP contribution in [0.5, 0.6) is 5.75 Å². The largest absolute Gasteiger partial charge is 0.494 e. The van der Waals surface area contributed by atoms with Gasteiger partial charge in [0.2, 0.25) is 11.8 Å². The number of anilines is 1. The van der Waals surface area contributed by atoms with Gasteiger partial charge in [-0.2, -0.15) is 0 Å². The molecule has 0 heterocycles. The number of ether oxygens (including phenoxy) is 1. The van der Waals surface area contributed by atoms with E-state index in [9.17, 15) is 18.0 Å². The summed E-state index contributed by atoms with van der Waals surface area (Å²) in [5, 5.41) is 3.43. The van der Waals surface area contributed by atoms with Crippen LogP contribution < -0.4 is 14.4 Å². The van der Waals surface area contributed by atoms with Gasteiger partial charge in [-0.25, -0.2) is 8.42 Å². The number of para-hydroxylation sites is 1. The average Bonchev–Trinajstić information content (AvgIpc) is 2.93. The fourth-order valence-corrected chi connectivity index (χ4v) is 5.75. The van der Waals surface area contributed by atoms with Gasteiger partial charge in [0.05, 0.1) is 17.2 Å². The first-order valence-corrected chi connectivity index (χ1v) is 15.0. The lowest BCUT2D eigenvalue weighted by Crippen LogP contribution is -2.53. The molecule has 0 saturated heterocycles. The van der Waals surface area contributed by atoms with Crippen molar-refractivity contribution in [3.8, 4) is 5.75 Å². The van der Waals surface area contributed by atoms with E-state index < -0.39 is 28.5 Å². The number of carbonyl (C=O) groups is 2. The summed E-state index contributed by atoms with van der Waals surface area (Å²) in [6, 6.07) is 20.6. The van der Waals surface area contributed by atoms with Gasteiger partial charge < -0.3 is 15.0 Å². The molecule has 0 fully saturated rings. The van der Waals surface area contributed by atoms with Crippen molar-refractivity contribution in [2.75, 3.05) is 17.5 Å². The molecule has 0 spiro atoms. The van der Waals surface area contributed by atoms with Crippen molar-refractivity contribution in [3.63, 3.8) is 0 Å². The first-order chi connectivity index (χ1) is 19.1. The van der Waals surface area contributed by atoms with Crippen molar-refractivity contribution in [1.29, 1.82) is 0 Å². The van der Waals surface area contributed by atoms with Gasteiger partial charge in [-0.1, -0.05) is 48.9 Å². The Morgan fingerprint density at radius 2 is 1.55 bits per heavy atom. The van der Waals surface area contributed by atoms with Crippen molar-refractivity contribution in [3.05, 3.63) is 89.4 Å². The molecule has 0 saturated carbocycles. The van der Waals surface area contributed by atoms with Crippen LogP contribution in [0.2, 0.25) is 5.02 Å². The Labute approximate surface area is 241 Å². The lowest BCUT2D eigenvalue weighted by atomic mass is 10.1. The van der Waals surface area contributed by atoms with Crippen LogP contribution >= 0.6 is 11.6 Å². The number of sulfonamides is 1. The zero-order valence-corrected chi connectivity index (χ0v) is 24.8. The smallest absolute Gasteiger partial charge is 0.264 e. The van der Waals surface area contributed by atoms with E-state index in [1.165, 1.54) is 17.0 Å². The van der Waals surface area contributed by atoms with Crippen molar-refractivity contribution < 1.29 is 22.7 Å². The van der Waals surface area contributed by atoms with Crippen LogP contribution in [0.4, 0.5) is 5.69 Å². The molecule has 2 amide bonds. The van der Waals surface area contributed by atoms with Gasteiger partial charge in [-0.15, -0.1) is 0 Å². The summed E-state index contributed by atoms with van der Waals surface area (Å²) >= 11 is 6.05. The lowest BCUT2D eigenvalue weighted by molar-refractivity contribution is -0.140. The fourth-order valence-electron chi connectivity index (χ4n) is 4.21. The molecule has 0 unspecified atom stereocenters. The fraction of sp³-hybridized carbons (Fsp3) is 0.333. The van der Waals surface area contributed by atoms with Crippen LogP contribution in [-0.4, -0.2) is 50.4 Å². The maximum absolute atomic E-state index is 14.0. The van der Waals surface area contributed by atoms with E-state index in [1.54, 1.807) is 66.7 Å². The van der Waals surface area contributed by atoms with Gasteiger partial charge in [0.1, 0.15) is 18.3 Å². The number of nitrogens with zero attached hydrogens (tertiary/aromatic N) is 2. The van der Waals surface area contributed by atoms with E-state index in [0.717, 1.165) is 9.87 Å². The van der Waals surface area contributed by atoms with Gasteiger partial charge in [-0.05, 0) is 81.3 Å². The van der Waals surface area contributed by atoms with E-state index in [1.807, 2.05) is 27.7 Å². The normalized spacial score (nSPS) is 12.1. The Balaban J connectivity index is 2.02. The molecule has 3 aromatic rings. The van der Waals surface area contributed by atoms with Crippen molar-refractivity contribution in [2.24, 2.45) is 0 Å². The molecule has 0 aliphatic rings. The summed E-state index contributed by atoms with van der Waals surface area (Å²) in [5.41, 5.74) is 1.09. The molecule has 10 heteroatoms. The Kier molecular flexibility index (Phi) is 11.0. The third-order valence-electron chi connectivity index (χ3n) is 6.13. The number of halogens is 1. The molecule has 0 radical (unpaired) electrons. The van der Waals surface area contributed by atoms with Gasteiger partial charge in [0, 0.05) is 17.6 Å². The van der Waals surface area contributed by atoms with Crippen LogP contribution in [-0.2, 0) is 26.2 Å². The molecule has 3 rings (SSSR count). The first-order valence-electron chi connectivity index (χ1n) is 13.2. The zero-order valence-electron chi connectivity index (χ0n) is 23.2. The quantitative estimate of drug-likeness (QED) is 0.295. The maximum Gasteiger partial charge on any atom is 0.264 e. The number of nitrogens with one attached hydrogen (secondary N) is 1. The second-order valence-corrected chi connectivity index (χ2v) is 11.8. The van der Waals surface area contributed by atoms with Gasteiger partial charge in [0.15, 0.2) is 0 Å². The summed E-state index contributed by atoms with van der Waals surface area (Å²) < 4.78 is 34.3. The highest BCUT2D eigenvalue weighted by molar-refractivity contribution is 7.92. The minimum atomic E-state index is -4.15. The van der Waals surface area contributed by atoms with Crippen LogP contribution in [0.3, 0.4) is 0 Å². The monoisotopic (exact) mass is 585 g/mol. The van der Waals surface area contributed by atoms with Crippen molar-refractivity contribution in [2.45, 2.75) is 57.6 Å². The predicted octanol–water partition coefficient (Wildman–Crippen LogP) is 5.27. The van der Waals surface area contributed by atoms with E-state index in [2.05, 4.69) is 5.32 Å². The standard InChI is InChI=1S/C30H36ClN3O5S/c1-5-28(30(36)32-22(3)4)33(20-23-12-14-24(31)15-13-23)29(35)21-34(25-10-8-7-9-11-25)40(37,38)27-18-16-26(17-19-27)39-6-2/h7-19,22,28H,5-6,20-21H2,1-4H3,(H,32,36)/t28-/m1/s1. The van der Waals surface area contributed by atoms with Gasteiger partial charge in [0.25, 0.3) is 10.0 Å². The molecular weight excluding hydrogens is 550 g/mol. The number of carbonyl (C=O) groups excluding carboxylic acids is 2. The Morgan fingerprint density at radius 3 is 2.10 bits per heavy atom. The molecule has 0 bridgehead atoms. The first kappa shape index (κ1) is 31.0. The summed E-state index contributed by atoms with van der Waals surface area (Å²) in [5.74, 6) is -0.278. The number of rotatable bonds is 13. The molecule has 3 aromatic carbocycles. The van der Waals surface area contributed by atoms with E-state index in [-0.39, 0.29) is 23.4 Å². The van der Waals surface area contributed by atoms with Crippen molar-refractivity contribution in [1.82, 2.24) is 10.2 Å². The topological polar surface area (TPSA) is 96.0 Å². The number of hydrogen-bond donors (Lipinski definition) is 1. The second kappa shape index (κ2) is 14.2. The number of amides is 2. The molecular formula is C30H36ClN3O5S. The Hall–Kier alpha value is -3.56. The summed E-state index contributed by atoms with van der Waals surface area (Å²) in [7, 11) is -4.15. The maximum atomic E-state index is 14.0. The lowest BCUT2D eigenvalue weighted by Gasteiger charge is -2.33. The minimum Gasteiger partial charge on any atom is -0.494 e. The molecule has 8 nitrogen and oxygen atoms in total. The molecule has 40 heavy (non-hydrogen) atoms. The van der Waals surface area contributed by atoms with Crippen molar-refractivity contribution >= 4 is 39.1 Å². The summed E-state index contributed by atoms with van der Waals surface area (Å²) in [6.45, 7) is 7.40.